The van der Waals surface area contributed by atoms with E-state index >= 15 is 0 Å². The van der Waals surface area contributed by atoms with Gasteiger partial charge in [-0.3, -0.25) is 9.55 Å². The van der Waals surface area contributed by atoms with Gasteiger partial charge in [0.1, 0.15) is 18.1 Å². The standard InChI is InChI=1S/C18H20BrCl2N3OSi/c1-26(2,3)9-8-25-11-24-14-10-13(20)16(21)15(19)17(14)23-18(24)12-4-6-22-7-5-12/h4-7,10H,8-9,11H2,1-3H3. The van der Waals surface area contributed by atoms with E-state index in [4.69, 9.17) is 32.9 Å². The molecule has 4 nitrogen and oxygen atoms in total. The molecule has 0 radical (unpaired) electrons. The maximum Gasteiger partial charge on any atom is 0.143 e. The van der Waals surface area contributed by atoms with Crippen LogP contribution in [0.15, 0.2) is 35.1 Å². The average Bonchev–Trinajstić information content (AvgIpc) is 2.95. The lowest BCUT2D eigenvalue weighted by atomic mass is 10.2. The Hall–Kier alpha value is -0.923. The molecule has 0 saturated heterocycles. The Morgan fingerprint density at radius 3 is 2.54 bits per heavy atom. The highest BCUT2D eigenvalue weighted by Gasteiger charge is 2.19. The minimum Gasteiger partial charge on any atom is -0.361 e. The van der Waals surface area contributed by atoms with Crippen molar-refractivity contribution in [2.75, 3.05) is 6.61 Å². The van der Waals surface area contributed by atoms with Crippen molar-refractivity contribution in [3.05, 3.63) is 45.1 Å². The Morgan fingerprint density at radius 2 is 1.88 bits per heavy atom. The molecular formula is C18H20BrCl2N3OSi. The van der Waals surface area contributed by atoms with Crippen molar-refractivity contribution in [1.82, 2.24) is 14.5 Å². The number of hydrogen-bond acceptors (Lipinski definition) is 3. The molecule has 0 amide bonds. The second-order valence-corrected chi connectivity index (χ2v) is 14.5. The van der Waals surface area contributed by atoms with Crippen LogP contribution in [0, 0.1) is 0 Å². The van der Waals surface area contributed by atoms with E-state index in [1.807, 2.05) is 22.8 Å². The van der Waals surface area contributed by atoms with Crippen LogP contribution < -0.4 is 0 Å². The van der Waals surface area contributed by atoms with Gasteiger partial charge >= 0.3 is 0 Å². The number of imidazole rings is 1. The van der Waals surface area contributed by atoms with Crippen molar-refractivity contribution in [2.24, 2.45) is 0 Å². The molecule has 0 saturated carbocycles. The smallest absolute Gasteiger partial charge is 0.143 e. The summed E-state index contributed by atoms with van der Waals surface area (Å²) < 4.78 is 8.71. The molecule has 138 valence electrons. The zero-order chi connectivity index (χ0) is 18.9. The molecule has 0 fully saturated rings. The van der Waals surface area contributed by atoms with Gasteiger partial charge in [-0.05, 0) is 40.2 Å². The molecule has 2 aromatic heterocycles. The fourth-order valence-corrected chi connectivity index (χ4v) is 4.27. The molecular weight excluding hydrogens is 453 g/mol. The second-order valence-electron chi connectivity index (χ2n) is 7.30. The highest BCUT2D eigenvalue weighted by Crippen LogP contribution is 2.38. The number of rotatable bonds is 6. The predicted molar refractivity (Wildman–Crippen MR) is 115 cm³/mol. The lowest BCUT2D eigenvalue weighted by Gasteiger charge is -2.16. The first-order valence-corrected chi connectivity index (χ1v) is 13.6. The third-order valence-corrected chi connectivity index (χ3v) is 7.53. The Balaban J connectivity index is 2.03. The molecule has 0 aliphatic heterocycles. The third-order valence-electron chi connectivity index (χ3n) is 4.04. The topological polar surface area (TPSA) is 39.9 Å². The van der Waals surface area contributed by atoms with Gasteiger partial charge in [0.15, 0.2) is 0 Å². The summed E-state index contributed by atoms with van der Waals surface area (Å²) in [5, 5.41) is 0.945. The van der Waals surface area contributed by atoms with Crippen LogP contribution >= 0.6 is 39.1 Å². The van der Waals surface area contributed by atoms with Crippen molar-refractivity contribution in [1.29, 1.82) is 0 Å². The normalized spacial score (nSPS) is 12.1. The molecule has 0 atom stereocenters. The van der Waals surface area contributed by atoms with E-state index in [1.54, 1.807) is 12.4 Å². The van der Waals surface area contributed by atoms with E-state index in [0.29, 0.717) is 21.2 Å². The van der Waals surface area contributed by atoms with Gasteiger partial charge in [-0.15, -0.1) is 0 Å². The summed E-state index contributed by atoms with van der Waals surface area (Å²) in [4.78, 5) is 8.87. The van der Waals surface area contributed by atoms with Gasteiger partial charge in [0.05, 0.1) is 20.0 Å². The number of pyridine rings is 1. The van der Waals surface area contributed by atoms with Gasteiger partial charge in [-0.25, -0.2) is 4.98 Å². The molecule has 0 spiro atoms. The zero-order valence-electron chi connectivity index (χ0n) is 14.9. The average molecular weight is 473 g/mol. The summed E-state index contributed by atoms with van der Waals surface area (Å²) in [5.74, 6) is 0.800. The molecule has 0 N–H and O–H groups in total. The Labute approximate surface area is 172 Å². The summed E-state index contributed by atoms with van der Waals surface area (Å²) in [6, 6.07) is 6.80. The van der Waals surface area contributed by atoms with Crippen LogP contribution in [0.2, 0.25) is 35.7 Å². The molecule has 0 aliphatic carbocycles. The number of benzene rings is 1. The SMILES string of the molecule is C[Si](C)(C)CCOCn1c(-c2ccncc2)nc2c(Br)c(Cl)c(Cl)cc21. The number of nitrogens with zero attached hydrogens (tertiary/aromatic N) is 3. The van der Waals surface area contributed by atoms with E-state index in [0.717, 1.165) is 35.1 Å². The minimum atomic E-state index is -1.14. The molecule has 0 bridgehead atoms. The van der Waals surface area contributed by atoms with Crippen LogP contribution in [0.3, 0.4) is 0 Å². The maximum absolute atomic E-state index is 6.29. The van der Waals surface area contributed by atoms with Gasteiger partial charge in [0, 0.05) is 32.6 Å². The van der Waals surface area contributed by atoms with E-state index in [2.05, 4.69) is 40.6 Å². The monoisotopic (exact) mass is 471 g/mol. The van der Waals surface area contributed by atoms with Crippen molar-refractivity contribution >= 4 is 58.2 Å². The van der Waals surface area contributed by atoms with Gasteiger partial charge in [-0.1, -0.05) is 42.8 Å². The van der Waals surface area contributed by atoms with Crippen molar-refractivity contribution in [3.63, 3.8) is 0 Å². The summed E-state index contributed by atoms with van der Waals surface area (Å²) in [7, 11) is -1.14. The molecule has 0 aliphatic rings. The molecule has 3 aromatic rings. The number of halogens is 3. The Kier molecular flexibility index (Phi) is 6.09. The molecule has 2 heterocycles. The number of ether oxygens (including phenoxy) is 1. The minimum absolute atomic E-state index is 0.406. The zero-order valence-corrected chi connectivity index (χ0v) is 19.0. The fraction of sp³-hybridized carbons (Fsp3) is 0.333. The largest absolute Gasteiger partial charge is 0.361 e. The van der Waals surface area contributed by atoms with Crippen LogP contribution in [-0.4, -0.2) is 29.2 Å². The van der Waals surface area contributed by atoms with Crippen LogP contribution in [0.4, 0.5) is 0 Å². The van der Waals surface area contributed by atoms with E-state index in [-0.39, 0.29) is 0 Å². The van der Waals surface area contributed by atoms with Crippen LogP contribution in [-0.2, 0) is 11.5 Å². The van der Waals surface area contributed by atoms with E-state index < -0.39 is 8.07 Å². The van der Waals surface area contributed by atoms with E-state index in [1.165, 1.54) is 0 Å². The quantitative estimate of drug-likeness (QED) is 0.234. The summed E-state index contributed by atoms with van der Waals surface area (Å²) >= 11 is 16.1. The first-order chi connectivity index (χ1) is 12.3. The van der Waals surface area contributed by atoms with Crippen LogP contribution in [0.5, 0.6) is 0 Å². The number of hydrogen-bond donors (Lipinski definition) is 0. The maximum atomic E-state index is 6.29. The third kappa shape index (κ3) is 4.31. The summed E-state index contributed by atoms with van der Waals surface area (Å²) in [6.45, 7) is 8.15. The molecule has 0 unspecified atom stereocenters. The number of aromatic nitrogens is 3. The first kappa shape index (κ1) is 19.8. The predicted octanol–water partition coefficient (Wildman–Crippen LogP) is 6.48. The summed E-state index contributed by atoms with van der Waals surface area (Å²) in [6.07, 6.45) is 3.50. The van der Waals surface area contributed by atoms with Crippen LogP contribution in [0.1, 0.15) is 0 Å². The fourth-order valence-electron chi connectivity index (χ4n) is 2.55. The number of fused-ring (bicyclic) bond motifs is 1. The van der Waals surface area contributed by atoms with Gasteiger partial charge in [-0.2, -0.15) is 0 Å². The van der Waals surface area contributed by atoms with Crippen molar-refractivity contribution in [2.45, 2.75) is 32.4 Å². The highest BCUT2D eigenvalue weighted by atomic mass is 79.9. The van der Waals surface area contributed by atoms with Crippen LogP contribution in [0.25, 0.3) is 22.4 Å². The molecule has 26 heavy (non-hydrogen) atoms. The first-order valence-electron chi connectivity index (χ1n) is 8.30. The van der Waals surface area contributed by atoms with Crippen molar-refractivity contribution < 1.29 is 4.74 Å². The van der Waals surface area contributed by atoms with Gasteiger partial charge in [0.2, 0.25) is 0 Å². The second kappa shape index (κ2) is 7.98. The van der Waals surface area contributed by atoms with E-state index in [9.17, 15) is 0 Å². The Bertz CT molecular complexity index is 926. The Morgan fingerprint density at radius 1 is 1.19 bits per heavy atom. The van der Waals surface area contributed by atoms with Gasteiger partial charge in [0.25, 0.3) is 0 Å². The molecule has 3 rings (SSSR count). The van der Waals surface area contributed by atoms with Crippen molar-refractivity contribution in [3.8, 4) is 11.4 Å². The molecule has 1 aromatic carbocycles. The highest BCUT2D eigenvalue weighted by molar-refractivity contribution is 9.10. The lowest BCUT2D eigenvalue weighted by Crippen LogP contribution is -2.22. The lowest BCUT2D eigenvalue weighted by molar-refractivity contribution is 0.0909. The summed E-state index contributed by atoms with van der Waals surface area (Å²) in [5.41, 5.74) is 2.61. The molecule has 8 heteroatoms. The van der Waals surface area contributed by atoms with Gasteiger partial charge < -0.3 is 4.74 Å².